The average molecular weight is 293 g/mol. The number of aromatic amines is 1. The first kappa shape index (κ1) is 12.6. The Kier molecular flexibility index (Phi) is 2.69. The van der Waals surface area contributed by atoms with E-state index in [4.69, 9.17) is 9.15 Å². The van der Waals surface area contributed by atoms with Crippen molar-refractivity contribution in [1.82, 2.24) is 15.0 Å². The fourth-order valence-corrected chi connectivity index (χ4v) is 2.46. The zero-order chi connectivity index (χ0) is 15.1. The molecule has 0 spiro atoms. The molecule has 0 aliphatic carbocycles. The van der Waals surface area contributed by atoms with Crippen molar-refractivity contribution in [3.8, 4) is 17.1 Å². The molecule has 0 bridgehead atoms. The molecule has 4 rings (SSSR count). The molecule has 3 aromatic heterocycles. The summed E-state index contributed by atoms with van der Waals surface area (Å²) < 4.78 is 10.8. The summed E-state index contributed by atoms with van der Waals surface area (Å²) in [4.78, 5) is 23.7. The number of ether oxygens (including phenoxy) is 1. The minimum absolute atomic E-state index is 0.173. The highest BCUT2D eigenvalue weighted by molar-refractivity contribution is 6.00. The number of furan rings is 1. The summed E-state index contributed by atoms with van der Waals surface area (Å²) in [6, 6.07) is 11.0. The van der Waals surface area contributed by atoms with Gasteiger partial charge < -0.3 is 14.1 Å². The van der Waals surface area contributed by atoms with Crippen LogP contribution >= 0.6 is 0 Å². The highest BCUT2D eigenvalue weighted by Gasteiger charge is 2.16. The number of fused-ring (bicyclic) bond motifs is 3. The first-order valence-electron chi connectivity index (χ1n) is 6.69. The predicted molar refractivity (Wildman–Crippen MR) is 81.9 cm³/mol. The van der Waals surface area contributed by atoms with Crippen LogP contribution in [0.4, 0.5) is 0 Å². The zero-order valence-corrected chi connectivity index (χ0v) is 11.7. The summed E-state index contributed by atoms with van der Waals surface area (Å²) in [5.41, 5.74) is 1.43. The first-order chi connectivity index (χ1) is 10.8. The zero-order valence-electron chi connectivity index (χ0n) is 11.7. The van der Waals surface area contributed by atoms with Gasteiger partial charge in [-0.3, -0.25) is 4.79 Å². The highest BCUT2D eigenvalue weighted by Crippen LogP contribution is 2.29. The molecule has 6 heteroatoms. The number of methoxy groups -OCH3 is 1. The van der Waals surface area contributed by atoms with Crippen LogP contribution in [-0.4, -0.2) is 22.1 Å². The molecule has 0 amide bonds. The minimum atomic E-state index is -0.344. The largest absolute Gasteiger partial charge is 0.496 e. The van der Waals surface area contributed by atoms with E-state index in [2.05, 4.69) is 15.0 Å². The third kappa shape index (κ3) is 1.77. The van der Waals surface area contributed by atoms with Crippen LogP contribution in [0.2, 0.25) is 0 Å². The Labute approximate surface area is 124 Å². The van der Waals surface area contributed by atoms with E-state index in [0.717, 1.165) is 0 Å². The van der Waals surface area contributed by atoms with Gasteiger partial charge in [-0.15, -0.1) is 0 Å². The third-order valence-corrected chi connectivity index (χ3v) is 3.46. The summed E-state index contributed by atoms with van der Waals surface area (Å²) in [6.45, 7) is 0. The van der Waals surface area contributed by atoms with Crippen LogP contribution < -0.4 is 10.3 Å². The van der Waals surface area contributed by atoms with Crippen molar-refractivity contribution in [2.24, 2.45) is 0 Å². The molecule has 0 fully saturated rings. The van der Waals surface area contributed by atoms with Gasteiger partial charge in [-0.2, -0.15) is 0 Å². The number of H-pyrrole nitrogens is 1. The van der Waals surface area contributed by atoms with Gasteiger partial charge in [0.25, 0.3) is 5.56 Å². The van der Waals surface area contributed by atoms with E-state index in [9.17, 15) is 4.79 Å². The second kappa shape index (κ2) is 4.70. The van der Waals surface area contributed by atoms with Gasteiger partial charge in [-0.05, 0) is 24.3 Å². The molecule has 0 atom stereocenters. The number of hydrogen-bond acceptors (Lipinski definition) is 5. The summed E-state index contributed by atoms with van der Waals surface area (Å²) >= 11 is 0. The number of benzene rings is 1. The van der Waals surface area contributed by atoms with Crippen molar-refractivity contribution >= 4 is 22.2 Å². The second-order valence-electron chi connectivity index (χ2n) is 4.75. The average Bonchev–Trinajstić information content (AvgIpc) is 2.94. The van der Waals surface area contributed by atoms with Gasteiger partial charge in [-0.1, -0.05) is 12.1 Å². The normalized spacial score (nSPS) is 11.1. The van der Waals surface area contributed by atoms with Gasteiger partial charge in [0.2, 0.25) is 11.3 Å². The topological polar surface area (TPSA) is 81.0 Å². The summed E-state index contributed by atoms with van der Waals surface area (Å²) in [7, 11) is 1.58. The SMILES string of the molecule is COc1ccccc1-c1nc2c(oc3ncccc32)c(=O)[nH]1. The Morgan fingerprint density at radius 1 is 1.18 bits per heavy atom. The quantitative estimate of drug-likeness (QED) is 0.614. The number of pyridine rings is 1. The van der Waals surface area contributed by atoms with Gasteiger partial charge in [-0.25, -0.2) is 9.97 Å². The van der Waals surface area contributed by atoms with E-state index < -0.39 is 0 Å². The lowest BCUT2D eigenvalue weighted by atomic mass is 10.2. The molecule has 0 unspecified atom stereocenters. The van der Waals surface area contributed by atoms with E-state index >= 15 is 0 Å². The maximum atomic E-state index is 12.3. The smallest absolute Gasteiger partial charge is 0.294 e. The molecule has 0 aliphatic heterocycles. The summed E-state index contributed by atoms with van der Waals surface area (Å²) in [5.74, 6) is 1.07. The van der Waals surface area contributed by atoms with Crippen LogP contribution in [0.5, 0.6) is 5.75 Å². The molecule has 0 aliphatic rings. The highest BCUT2D eigenvalue weighted by atomic mass is 16.5. The maximum Gasteiger partial charge on any atom is 0.294 e. The van der Waals surface area contributed by atoms with Crippen LogP contribution in [-0.2, 0) is 0 Å². The Balaban J connectivity index is 2.08. The summed E-state index contributed by atoms with van der Waals surface area (Å²) in [6.07, 6.45) is 1.61. The monoisotopic (exact) mass is 293 g/mol. The Morgan fingerprint density at radius 2 is 2.05 bits per heavy atom. The molecule has 0 saturated heterocycles. The van der Waals surface area contributed by atoms with Crippen molar-refractivity contribution in [3.05, 3.63) is 52.9 Å². The Hall–Kier alpha value is -3.15. The summed E-state index contributed by atoms with van der Waals surface area (Å²) in [5, 5.41) is 0.708. The van der Waals surface area contributed by atoms with Gasteiger partial charge in [0.15, 0.2) is 0 Å². The van der Waals surface area contributed by atoms with E-state index in [0.29, 0.717) is 33.8 Å². The van der Waals surface area contributed by atoms with E-state index in [1.165, 1.54) is 0 Å². The number of nitrogens with one attached hydrogen (secondary N) is 1. The molecule has 3 heterocycles. The molecule has 0 radical (unpaired) electrons. The lowest BCUT2D eigenvalue weighted by Crippen LogP contribution is -2.08. The van der Waals surface area contributed by atoms with Crippen LogP contribution in [0.3, 0.4) is 0 Å². The lowest BCUT2D eigenvalue weighted by Gasteiger charge is -2.06. The Morgan fingerprint density at radius 3 is 2.91 bits per heavy atom. The van der Waals surface area contributed by atoms with Gasteiger partial charge in [0.05, 0.1) is 18.1 Å². The van der Waals surface area contributed by atoms with E-state index in [1.807, 2.05) is 30.3 Å². The molecule has 6 nitrogen and oxygen atoms in total. The number of aromatic nitrogens is 3. The van der Waals surface area contributed by atoms with Crippen LogP contribution in [0.25, 0.3) is 33.6 Å². The van der Waals surface area contributed by atoms with Gasteiger partial charge >= 0.3 is 0 Å². The molecule has 4 aromatic rings. The fraction of sp³-hybridized carbons (Fsp3) is 0.0625. The van der Waals surface area contributed by atoms with Crippen molar-refractivity contribution in [2.75, 3.05) is 7.11 Å². The molecule has 22 heavy (non-hydrogen) atoms. The first-order valence-corrected chi connectivity index (χ1v) is 6.69. The van der Waals surface area contributed by atoms with E-state index in [-0.39, 0.29) is 11.1 Å². The number of nitrogens with zero attached hydrogens (tertiary/aromatic N) is 2. The molecular weight excluding hydrogens is 282 g/mol. The molecule has 0 saturated carbocycles. The molecule has 1 aromatic carbocycles. The fourth-order valence-electron chi connectivity index (χ4n) is 2.46. The van der Waals surface area contributed by atoms with Crippen molar-refractivity contribution in [3.63, 3.8) is 0 Å². The predicted octanol–water partition coefficient (Wildman–Crippen LogP) is 2.74. The molecule has 108 valence electrons. The standard InChI is InChI=1S/C16H11N3O3/c1-21-11-7-3-2-5-9(11)14-18-12-10-6-4-8-17-16(10)22-13(12)15(20)19-14/h2-8H,1H3,(H,18,19,20). The molecule has 1 N–H and O–H groups in total. The number of rotatable bonds is 2. The Bertz CT molecular complexity index is 1050. The van der Waals surface area contributed by atoms with E-state index in [1.54, 1.807) is 19.4 Å². The van der Waals surface area contributed by atoms with Crippen LogP contribution in [0.15, 0.2) is 51.8 Å². The van der Waals surface area contributed by atoms with Crippen molar-refractivity contribution < 1.29 is 9.15 Å². The molecular formula is C16H11N3O3. The van der Waals surface area contributed by atoms with Gasteiger partial charge in [0, 0.05) is 6.20 Å². The van der Waals surface area contributed by atoms with Crippen molar-refractivity contribution in [2.45, 2.75) is 0 Å². The third-order valence-electron chi connectivity index (χ3n) is 3.46. The van der Waals surface area contributed by atoms with Crippen LogP contribution in [0.1, 0.15) is 0 Å². The van der Waals surface area contributed by atoms with Gasteiger partial charge in [0.1, 0.15) is 17.1 Å². The number of para-hydroxylation sites is 1. The lowest BCUT2D eigenvalue weighted by molar-refractivity contribution is 0.416. The van der Waals surface area contributed by atoms with Crippen LogP contribution in [0, 0.1) is 0 Å². The number of hydrogen-bond donors (Lipinski definition) is 1. The second-order valence-corrected chi connectivity index (χ2v) is 4.75. The van der Waals surface area contributed by atoms with Crippen molar-refractivity contribution in [1.29, 1.82) is 0 Å². The minimum Gasteiger partial charge on any atom is -0.496 e. The maximum absolute atomic E-state index is 12.3.